The van der Waals surface area contributed by atoms with Crippen LogP contribution in [0.2, 0.25) is 37.3 Å². The third-order valence-corrected chi connectivity index (χ3v) is 12.0. The summed E-state index contributed by atoms with van der Waals surface area (Å²) in [4.78, 5) is 0. The van der Waals surface area contributed by atoms with E-state index < -0.39 is 16.6 Å². The Bertz CT molecular complexity index is 244. The zero-order valence-electron chi connectivity index (χ0n) is 14.6. The fourth-order valence-electron chi connectivity index (χ4n) is 3.45. The first-order valence-corrected chi connectivity index (χ1v) is 14.6. The van der Waals surface area contributed by atoms with Crippen LogP contribution in [-0.4, -0.2) is 29.8 Å². The van der Waals surface area contributed by atoms with Gasteiger partial charge in [-0.1, -0.05) is 39.5 Å². The van der Waals surface area contributed by atoms with Gasteiger partial charge in [-0.2, -0.15) is 0 Å². The van der Waals surface area contributed by atoms with Crippen molar-refractivity contribution in [2.24, 2.45) is 0 Å². The molecule has 0 amide bonds. The van der Waals surface area contributed by atoms with Gasteiger partial charge in [-0.25, -0.2) is 0 Å². The Kier molecular flexibility index (Phi) is 7.46. The van der Waals surface area contributed by atoms with Gasteiger partial charge in [0.1, 0.15) is 0 Å². The molecule has 0 spiro atoms. The van der Waals surface area contributed by atoms with Crippen LogP contribution in [0, 0.1) is 0 Å². The van der Waals surface area contributed by atoms with E-state index in [1.54, 1.807) is 0 Å². The van der Waals surface area contributed by atoms with E-state index in [1.165, 1.54) is 25.7 Å². The summed E-state index contributed by atoms with van der Waals surface area (Å²) in [6.45, 7) is 16.0. The summed E-state index contributed by atoms with van der Waals surface area (Å²) >= 11 is 0. The minimum atomic E-state index is -1.46. The van der Waals surface area contributed by atoms with Gasteiger partial charge in [-0.15, -0.1) is 0 Å². The number of hydrogen-bond donors (Lipinski definition) is 0. The topological polar surface area (TPSA) is 18.5 Å². The first-order chi connectivity index (χ1) is 9.33. The van der Waals surface area contributed by atoms with Crippen LogP contribution in [0.5, 0.6) is 0 Å². The van der Waals surface area contributed by atoms with Crippen molar-refractivity contribution < 1.29 is 8.85 Å². The van der Waals surface area contributed by atoms with Gasteiger partial charge in [0.2, 0.25) is 0 Å². The van der Waals surface area contributed by atoms with Crippen LogP contribution in [0.25, 0.3) is 0 Å². The average Bonchev–Trinajstić information content (AvgIpc) is 2.43. The molecule has 0 aromatic rings. The van der Waals surface area contributed by atoms with Crippen LogP contribution in [0.4, 0.5) is 0 Å². The van der Waals surface area contributed by atoms with Gasteiger partial charge in [-0.3, -0.25) is 0 Å². The van der Waals surface area contributed by atoms with E-state index in [2.05, 4.69) is 40.0 Å². The maximum Gasteiger partial charge on any atom is 0.189 e. The van der Waals surface area contributed by atoms with E-state index in [1.807, 2.05) is 0 Å². The Labute approximate surface area is 128 Å². The van der Waals surface area contributed by atoms with E-state index in [0.717, 1.165) is 37.1 Å². The molecule has 1 rings (SSSR count). The molecule has 1 fully saturated rings. The molecule has 0 aromatic heterocycles. The van der Waals surface area contributed by atoms with Gasteiger partial charge in [0.25, 0.3) is 0 Å². The molecule has 1 saturated carbocycles. The summed E-state index contributed by atoms with van der Waals surface area (Å²) < 4.78 is 12.4. The lowest BCUT2D eigenvalue weighted by atomic mass is 9.99. The molecule has 20 heavy (non-hydrogen) atoms. The second kappa shape index (κ2) is 8.11. The molecule has 0 saturated heterocycles. The quantitative estimate of drug-likeness (QED) is 0.545. The van der Waals surface area contributed by atoms with Gasteiger partial charge >= 0.3 is 0 Å². The molecule has 2 nitrogen and oxygen atoms in total. The molecular weight excluding hydrogens is 280 g/mol. The van der Waals surface area contributed by atoms with Crippen molar-refractivity contribution in [3.63, 3.8) is 0 Å². The smallest absolute Gasteiger partial charge is 0.189 e. The normalized spacial score (nSPS) is 24.9. The lowest BCUT2D eigenvalue weighted by Gasteiger charge is -2.41. The Morgan fingerprint density at radius 2 is 1.00 bits per heavy atom. The summed E-state index contributed by atoms with van der Waals surface area (Å²) in [5, 5.41) is 0. The fourth-order valence-corrected chi connectivity index (χ4v) is 8.83. The van der Waals surface area contributed by atoms with E-state index in [0.29, 0.717) is 0 Å². The summed E-state index contributed by atoms with van der Waals surface area (Å²) in [7, 11) is -2.93. The SMILES string of the molecule is CCCO[Si](C)(C)C1CCC([Si](C)(C)OCCC)CC1. The molecular formula is C16H36O2Si2. The third-order valence-electron chi connectivity index (χ3n) is 5.05. The van der Waals surface area contributed by atoms with Crippen LogP contribution in [0.1, 0.15) is 52.4 Å². The second-order valence-electron chi connectivity index (χ2n) is 7.45. The summed E-state index contributed by atoms with van der Waals surface area (Å²) in [6.07, 6.45) is 7.80. The Balaban J connectivity index is 2.46. The van der Waals surface area contributed by atoms with Crippen molar-refractivity contribution in [3.05, 3.63) is 0 Å². The Hall–Kier alpha value is 0.354. The zero-order valence-corrected chi connectivity index (χ0v) is 16.6. The highest BCUT2D eigenvalue weighted by Crippen LogP contribution is 2.46. The first kappa shape index (κ1) is 18.4. The molecule has 120 valence electrons. The molecule has 0 atom stereocenters. The van der Waals surface area contributed by atoms with Crippen molar-refractivity contribution in [1.29, 1.82) is 0 Å². The van der Waals surface area contributed by atoms with Crippen LogP contribution < -0.4 is 0 Å². The maximum absolute atomic E-state index is 6.22. The predicted molar refractivity (Wildman–Crippen MR) is 93.4 cm³/mol. The maximum atomic E-state index is 6.22. The van der Waals surface area contributed by atoms with E-state index >= 15 is 0 Å². The van der Waals surface area contributed by atoms with Gasteiger partial charge in [0.15, 0.2) is 16.6 Å². The number of hydrogen-bond acceptors (Lipinski definition) is 2. The highest BCUT2D eigenvalue weighted by atomic mass is 28.4. The van der Waals surface area contributed by atoms with Crippen LogP contribution >= 0.6 is 0 Å². The standard InChI is InChI=1S/C16H36O2Si2/c1-7-13-17-19(3,4)15-9-11-16(12-10-15)20(5,6)18-14-8-2/h15-16H,7-14H2,1-6H3. The van der Waals surface area contributed by atoms with E-state index in [-0.39, 0.29) is 0 Å². The van der Waals surface area contributed by atoms with Crippen LogP contribution in [-0.2, 0) is 8.85 Å². The lowest BCUT2D eigenvalue weighted by molar-refractivity contribution is 0.272. The van der Waals surface area contributed by atoms with Gasteiger partial charge in [0.05, 0.1) is 0 Å². The molecule has 0 radical (unpaired) electrons. The molecule has 0 bridgehead atoms. The summed E-state index contributed by atoms with van der Waals surface area (Å²) in [5.74, 6) is 0. The molecule has 0 unspecified atom stereocenters. The second-order valence-corrected chi connectivity index (χ2v) is 16.1. The third kappa shape index (κ3) is 5.28. The molecule has 1 aliphatic rings. The van der Waals surface area contributed by atoms with Crippen molar-refractivity contribution in [3.8, 4) is 0 Å². The zero-order chi connectivity index (χ0) is 15.2. The molecule has 0 aliphatic heterocycles. The van der Waals surface area contributed by atoms with Crippen molar-refractivity contribution >= 4 is 16.6 Å². The predicted octanol–water partition coefficient (Wildman–Crippen LogP) is 5.56. The van der Waals surface area contributed by atoms with E-state index in [9.17, 15) is 0 Å². The molecule has 4 heteroatoms. The molecule has 0 aromatic carbocycles. The van der Waals surface area contributed by atoms with Gasteiger partial charge < -0.3 is 8.85 Å². The van der Waals surface area contributed by atoms with Crippen molar-refractivity contribution in [2.45, 2.75) is 89.6 Å². The average molecular weight is 317 g/mol. The van der Waals surface area contributed by atoms with Crippen LogP contribution in [0.3, 0.4) is 0 Å². The summed E-state index contributed by atoms with van der Waals surface area (Å²) in [6, 6.07) is 0. The van der Waals surface area contributed by atoms with Gasteiger partial charge in [0, 0.05) is 13.2 Å². The Morgan fingerprint density at radius 1 is 0.700 bits per heavy atom. The highest BCUT2D eigenvalue weighted by molar-refractivity contribution is 6.73. The van der Waals surface area contributed by atoms with E-state index in [4.69, 9.17) is 8.85 Å². The monoisotopic (exact) mass is 316 g/mol. The molecule has 1 aliphatic carbocycles. The van der Waals surface area contributed by atoms with Crippen molar-refractivity contribution in [1.82, 2.24) is 0 Å². The Morgan fingerprint density at radius 3 is 1.25 bits per heavy atom. The fraction of sp³-hybridized carbons (Fsp3) is 1.00. The van der Waals surface area contributed by atoms with Gasteiger partial charge in [-0.05, 0) is 50.1 Å². The summed E-state index contributed by atoms with van der Waals surface area (Å²) in [5.41, 5.74) is 1.72. The number of rotatable bonds is 8. The van der Waals surface area contributed by atoms with Crippen molar-refractivity contribution in [2.75, 3.05) is 13.2 Å². The highest BCUT2D eigenvalue weighted by Gasteiger charge is 2.41. The lowest BCUT2D eigenvalue weighted by Crippen LogP contribution is -2.43. The van der Waals surface area contributed by atoms with Crippen LogP contribution in [0.15, 0.2) is 0 Å². The minimum Gasteiger partial charge on any atom is -0.417 e. The molecule has 0 N–H and O–H groups in total. The minimum absolute atomic E-state index is 0.862. The molecule has 0 heterocycles. The largest absolute Gasteiger partial charge is 0.417 e. The first-order valence-electron chi connectivity index (χ1n) is 8.61.